The zero-order valence-corrected chi connectivity index (χ0v) is 11.4. The van der Waals surface area contributed by atoms with Gasteiger partial charge in [0.05, 0.1) is 0 Å². The monoisotopic (exact) mass is 408 g/mol. The van der Waals surface area contributed by atoms with Crippen molar-refractivity contribution in [2.45, 2.75) is 0 Å². The number of halogens is 2. The number of aldehydes is 1. The molecule has 0 aliphatic carbocycles. The van der Waals surface area contributed by atoms with Gasteiger partial charge in [-0.3, -0.25) is 4.79 Å². The highest BCUT2D eigenvalue weighted by atomic mass is 127. The van der Waals surface area contributed by atoms with Crippen LogP contribution in [0.1, 0.15) is 10.4 Å². The molecule has 0 N–H and O–H groups in total. The first-order valence-electron chi connectivity index (χ1n) is 4.05. The molecule has 0 saturated carbocycles. The van der Waals surface area contributed by atoms with Crippen molar-refractivity contribution >= 4 is 62.2 Å². The van der Waals surface area contributed by atoms with E-state index in [-0.39, 0.29) is 0 Å². The van der Waals surface area contributed by atoms with Gasteiger partial charge in [-0.05, 0) is 74.2 Å². The fourth-order valence-electron chi connectivity index (χ4n) is 1.37. The third kappa shape index (κ3) is 1.79. The maximum Gasteiger partial charge on any atom is 0.151 e. The molecule has 0 radical (unpaired) electrons. The van der Waals surface area contributed by atoms with Gasteiger partial charge in [0.1, 0.15) is 0 Å². The summed E-state index contributed by atoms with van der Waals surface area (Å²) in [6.07, 6.45) is 0.907. The van der Waals surface area contributed by atoms with Crippen LogP contribution in [-0.2, 0) is 0 Å². The van der Waals surface area contributed by atoms with Crippen LogP contribution in [-0.4, -0.2) is 6.29 Å². The van der Waals surface area contributed by atoms with E-state index < -0.39 is 0 Å². The Morgan fingerprint density at radius 2 is 1.86 bits per heavy atom. The van der Waals surface area contributed by atoms with Crippen molar-refractivity contribution in [2.24, 2.45) is 0 Å². The largest absolute Gasteiger partial charge is 0.298 e. The van der Waals surface area contributed by atoms with Gasteiger partial charge in [0, 0.05) is 12.7 Å². The Morgan fingerprint density at radius 3 is 2.57 bits per heavy atom. The number of hydrogen-bond donors (Lipinski definition) is 0. The molecule has 0 aromatic heterocycles. The van der Waals surface area contributed by atoms with E-state index in [1.54, 1.807) is 0 Å². The third-order valence-electron chi connectivity index (χ3n) is 2.07. The van der Waals surface area contributed by atoms with Crippen LogP contribution in [0.25, 0.3) is 10.8 Å². The fourth-order valence-corrected chi connectivity index (χ4v) is 2.66. The van der Waals surface area contributed by atoms with Gasteiger partial charge in [0.15, 0.2) is 6.29 Å². The Bertz CT molecular complexity index is 506. The molecule has 3 heteroatoms. The van der Waals surface area contributed by atoms with Crippen LogP contribution in [0.4, 0.5) is 0 Å². The summed E-state index contributed by atoms with van der Waals surface area (Å²) in [7, 11) is 0. The first kappa shape index (κ1) is 10.4. The summed E-state index contributed by atoms with van der Waals surface area (Å²) in [6, 6.07) is 10.1. The van der Waals surface area contributed by atoms with Gasteiger partial charge < -0.3 is 0 Å². The Kier molecular flexibility index (Phi) is 3.06. The molecule has 0 bridgehead atoms. The number of fused-ring (bicyclic) bond motifs is 1. The van der Waals surface area contributed by atoms with Crippen LogP contribution in [0.3, 0.4) is 0 Å². The molecule has 14 heavy (non-hydrogen) atoms. The van der Waals surface area contributed by atoms with Gasteiger partial charge in [-0.15, -0.1) is 0 Å². The maximum atomic E-state index is 10.8. The molecule has 2 aromatic carbocycles. The van der Waals surface area contributed by atoms with E-state index in [0.717, 1.165) is 20.8 Å². The van der Waals surface area contributed by atoms with Gasteiger partial charge in [-0.25, -0.2) is 0 Å². The zero-order valence-electron chi connectivity index (χ0n) is 7.13. The topological polar surface area (TPSA) is 17.1 Å². The molecule has 1 nitrogen and oxygen atoms in total. The number of benzene rings is 2. The van der Waals surface area contributed by atoms with Crippen LogP contribution < -0.4 is 0 Å². The highest BCUT2D eigenvalue weighted by Crippen LogP contribution is 2.24. The van der Waals surface area contributed by atoms with Crippen molar-refractivity contribution in [2.75, 3.05) is 0 Å². The Labute approximate surface area is 109 Å². The first-order valence-corrected chi connectivity index (χ1v) is 6.21. The van der Waals surface area contributed by atoms with E-state index in [4.69, 9.17) is 0 Å². The summed E-state index contributed by atoms with van der Waals surface area (Å²) in [5, 5.41) is 2.34. The van der Waals surface area contributed by atoms with Crippen molar-refractivity contribution in [3.05, 3.63) is 43.0 Å². The van der Waals surface area contributed by atoms with Crippen LogP contribution in [0.15, 0.2) is 30.3 Å². The average Bonchev–Trinajstić information content (AvgIpc) is 2.17. The quantitative estimate of drug-likeness (QED) is 0.518. The van der Waals surface area contributed by atoms with Crippen LogP contribution >= 0.6 is 45.2 Å². The number of carbonyl (C=O) groups excluding carboxylic acids is 1. The maximum absolute atomic E-state index is 10.8. The normalized spacial score (nSPS) is 10.4. The van der Waals surface area contributed by atoms with Crippen molar-refractivity contribution < 1.29 is 4.79 Å². The minimum Gasteiger partial charge on any atom is -0.298 e. The summed E-state index contributed by atoms with van der Waals surface area (Å²) in [6.45, 7) is 0. The summed E-state index contributed by atoms with van der Waals surface area (Å²) in [5.41, 5.74) is 0.766. The average molecular weight is 408 g/mol. The minimum absolute atomic E-state index is 0.766. The number of rotatable bonds is 1. The summed E-state index contributed by atoms with van der Waals surface area (Å²) >= 11 is 4.47. The Balaban J connectivity index is 2.86. The summed E-state index contributed by atoms with van der Waals surface area (Å²) < 4.78 is 2.19. The lowest BCUT2D eigenvalue weighted by Crippen LogP contribution is -1.87. The van der Waals surface area contributed by atoms with E-state index in [0.29, 0.717) is 0 Å². The Morgan fingerprint density at radius 1 is 1.07 bits per heavy atom. The first-order chi connectivity index (χ1) is 6.72. The van der Waals surface area contributed by atoms with Crippen LogP contribution in [0.2, 0.25) is 0 Å². The van der Waals surface area contributed by atoms with Crippen molar-refractivity contribution in [1.82, 2.24) is 0 Å². The smallest absolute Gasteiger partial charge is 0.151 e. The molecular formula is C11H6I2O. The highest BCUT2D eigenvalue weighted by Gasteiger charge is 2.03. The molecule has 0 saturated heterocycles. The predicted molar refractivity (Wildman–Crippen MR) is 74.8 cm³/mol. The van der Waals surface area contributed by atoms with Gasteiger partial charge in [-0.1, -0.05) is 12.1 Å². The van der Waals surface area contributed by atoms with Crippen molar-refractivity contribution in [3.8, 4) is 0 Å². The molecule has 70 valence electrons. The van der Waals surface area contributed by atoms with E-state index in [1.807, 2.05) is 24.3 Å². The number of hydrogen-bond acceptors (Lipinski definition) is 1. The molecule has 0 aliphatic rings. The lowest BCUT2D eigenvalue weighted by molar-refractivity contribution is 0.112. The van der Waals surface area contributed by atoms with E-state index in [9.17, 15) is 4.79 Å². The zero-order chi connectivity index (χ0) is 10.1. The molecule has 0 aliphatic heterocycles. The van der Waals surface area contributed by atoms with E-state index in [1.165, 1.54) is 8.96 Å². The van der Waals surface area contributed by atoms with E-state index in [2.05, 4.69) is 51.2 Å². The lowest BCUT2D eigenvalue weighted by Gasteiger charge is -2.03. The highest BCUT2D eigenvalue weighted by molar-refractivity contribution is 14.1. The molecular weight excluding hydrogens is 402 g/mol. The molecule has 0 unspecified atom stereocenters. The summed E-state index contributed by atoms with van der Waals surface area (Å²) in [4.78, 5) is 10.8. The fraction of sp³-hybridized carbons (Fsp3) is 0. The molecule has 0 amide bonds. The Hall–Kier alpha value is -0.170. The lowest BCUT2D eigenvalue weighted by atomic mass is 10.1. The second-order valence-corrected chi connectivity index (χ2v) is 5.28. The van der Waals surface area contributed by atoms with Gasteiger partial charge in [0.25, 0.3) is 0 Å². The van der Waals surface area contributed by atoms with Gasteiger partial charge in [-0.2, -0.15) is 0 Å². The molecule has 2 rings (SSSR count). The molecule has 0 heterocycles. The summed E-state index contributed by atoms with van der Waals surface area (Å²) in [5.74, 6) is 0. The van der Waals surface area contributed by atoms with E-state index >= 15 is 0 Å². The van der Waals surface area contributed by atoms with Gasteiger partial charge in [0.2, 0.25) is 0 Å². The van der Waals surface area contributed by atoms with Crippen LogP contribution in [0.5, 0.6) is 0 Å². The number of carbonyl (C=O) groups is 1. The van der Waals surface area contributed by atoms with Crippen molar-refractivity contribution in [3.63, 3.8) is 0 Å². The predicted octanol–water partition coefficient (Wildman–Crippen LogP) is 3.86. The standard InChI is InChI=1S/C11H6I2O/c12-10-3-1-2-7-5-11(13)8(6-14)4-9(7)10/h1-6H. The molecule has 2 aromatic rings. The molecule has 0 atom stereocenters. The SMILES string of the molecule is O=Cc1cc2c(I)cccc2cc1I. The van der Waals surface area contributed by atoms with Gasteiger partial charge >= 0.3 is 0 Å². The van der Waals surface area contributed by atoms with Crippen molar-refractivity contribution in [1.29, 1.82) is 0 Å². The second-order valence-electron chi connectivity index (χ2n) is 2.95. The minimum atomic E-state index is 0.766. The molecule has 0 fully saturated rings. The van der Waals surface area contributed by atoms with Crippen LogP contribution in [0, 0.1) is 7.14 Å². The molecule has 0 spiro atoms. The third-order valence-corrected chi connectivity index (χ3v) is 3.95. The second kappa shape index (κ2) is 4.14.